The maximum Gasteiger partial charge on any atom is 0.125 e. The highest BCUT2D eigenvalue weighted by atomic mass is 79.9. The van der Waals surface area contributed by atoms with E-state index in [2.05, 4.69) is 15.9 Å². The van der Waals surface area contributed by atoms with Gasteiger partial charge >= 0.3 is 0 Å². The van der Waals surface area contributed by atoms with Gasteiger partial charge in [-0.25, -0.2) is 4.39 Å². The van der Waals surface area contributed by atoms with Crippen molar-refractivity contribution in [2.24, 2.45) is 5.73 Å². The van der Waals surface area contributed by atoms with Gasteiger partial charge in [0, 0.05) is 10.0 Å². The van der Waals surface area contributed by atoms with Crippen molar-refractivity contribution in [2.75, 3.05) is 7.11 Å². The van der Waals surface area contributed by atoms with Gasteiger partial charge in [0.15, 0.2) is 0 Å². The average molecular weight is 324 g/mol. The molecule has 1 atom stereocenters. The van der Waals surface area contributed by atoms with Crippen LogP contribution in [0, 0.1) is 12.7 Å². The minimum Gasteiger partial charge on any atom is -0.496 e. The van der Waals surface area contributed by atoms with Crippen molar-refractivity contribution in [3.05, 3.63) is 63.4 Å². The fraction of sp³-hybridized carbons (Fsp3) is 0.200. The van der Waals surface area contributed by atoms with Crippen LogP contribution in [0.15, 0.2) is 40.9 Å². The van der Waals surface area contributed by atoms with E-state index in [1.807, 2.05) is 25.1 Å². The summed E-state index contributed by atoms with van der Waals surface area (Å²) in [6, 6.07) is 9.86. The normalized spacial score (nSPS) is 12.3. The molecule has 4 heteroatoms. The summed E-state index contributed by atoms with van der Waals surface area (Å²) < 4.78 is 19.6. The van der Waals surface area contributed by atoms with Gasteiger partial charge in [-0.05, 0) is 42.3 Å². The summed E-state index contributed by atoms with van der Waals surface area (Å²) in [7, 11) is 1.59. The molecular weight excluding hydrogens is 309 g/mol. The molecule has 0 saturated carbocycles. The van der Waals surface area contributed by atoms with Crippen LogP contribution >= 0.6 is 15.9 Å². The highest BCUT2D eigenvalue weighted by Crippen LogP contribution is 2.32. The van der Waals surface area contributed by atoms with Crippen molar-refractivity contribution in [1.29, 1.82) is 0 Å². The molecule has 0 aliphatic rings. The summed E-state index contributed by atoms with van der Waals surface area (Å²) in [5.41, 5.74) is 8.81. The quantitative estimate of drug-likeness (QED) is 0.928. The molecule has 0 saturated heterocycles. The van der Waals surface area contributed by atoms with Gasteiger partial charge in [-0.2, -0.15) is 0 Å². The van der Waals surface area contributed by atoms with Crippen LogP contribution in [0.1, 0.15) is 22.7 Å². The molecular formula is C15H15BrFNO. The minimum atomic E-state index is -0.418. The second-order valence-corrected chi connectivity index (χ2v) is 5.28. The number of rotatable bonds is 3. The molecule has 2 rings (SSSR count). The van der Waals surface area contributed by atoms with Crippen LogP contribution in [0.4, 0.5) is 4.39 Å². The monoisotopic (exact) mass is 323 g/mol. The molecule has 100 valence electrons. The van der Waals surface area contributed by atoms with Crippen molar-refractivity contribution < 1.29 is 9.13 Å². The Balaban J connectivity index is 2.49. The highest BCUT2D eigenvalue weighted by Gasteiger charge is 2.16. The Bertz CT molecular complexity index is 601. The third-order valence-corrected chi connectivity index (χ3v) is 3.60. The molecule has 19 heavy (non-hydrogen) atoms. The van der Waals surface area contributed by atoms with Gasteiger partial charge in [0.1, 0.15) is 11.6 Å². The molecule has 1 unspecified atom stereocenters. The first kappa shape index (κ1) is 14.0. The van der Waals surface area contributed by atoms with Gasteiger partial charge in [-0.15, -0.1) is 0 Å². The Hall–Kier alpha value is -1.39. The van der Waals surface area contributed by atoms with E-state index >= 15 is 0 Å². The molecule has 0 amide bonds. The number of benzene rings is 2. The molecule has 2 aromatic rings. The van der Waals surface area contributed by atoms with E-state index in [9.17, 15) is 4.39 Å². The molecule has 0 aliphatic heterocycles. The molecule has 2 nitrogen and oxygen atoms in total. The number of methoxy groups -OCH3 is 1. The van der Waals surface area contributed by atoms with Crippen LogP contribution < -0.4 is 10.5 Å². The fourth-order valence-electron chi connectivity index (χ4n) is 2.06. The van der Waals surface area contributed by atoms with E-state index in [1.165, 1.54) is 12.1 Å². The number of halogens is 2. The Kier molecular flexibility index (Phi) is 4.22. The third-order valence-electron chi connectivity index (χ3n) is 3.11. The predicted octanol–water partition coefficient (Wildman–Crippen LogP) is 3.95. The number of hydrogen-bond donors (Lipinski definition) is 1. The Morgan fingerprint density at radius 3 is 2.58 bits per heavy atom. The van der Waals surface area contributed by atoms with Crippen LogP contribution in [0.5, 0.6) is 5.75 Å². The summed E-state index contributed by atoms with van der Waals surface area (Å²) in [4.78, 5) is 0. The minimum absolute atomic E-state index is 0.285. The van der Waals surface area contributed by atoms with Crippen molar-refractivity contribution in [1.82, 2.24) is 0 Å². The lowest BCUT2D eigenvalue weighted by molar-refractivity contribution is 0.407. The maximum atomic E-state index is 13.4. The Morgan fingerprint density at radius 2 is 1.89 bits per heavy atom. The first-order valence-corrected chi connectivity index (χ1v) is 6.67. The number of nitrogens with two attached hydrogens (primary N) is 1. The van der Waals surface area contributed by atoms with Gasteiger partial charge in [-0.3, -0.25) is 0 Å². The zero-order valence-electron chi connectivity index (χ0n) is 10.8. The maximum absolute atomic E-state index is 13.4. The molecule has 2 N–H and O–H groups in total. The molecule has 0 heterocycles. The van der Waals surface area contributed by atoms with E-state index in [1.54, 1.807) is 13.2 Å². The van der Waals surface area contributed by atoms with Gasteiger partial charge in [0.2, 0.25) is 0 Å². The van der Waals surface area contributed by atoms with Gasteiger partial charge in [0.25, 0.3) is 0 Å². The molecule has 0 aromatic heterocycles. The van der Waals surface area contributed by atoms with Crippen molar-refractivity contribution in [3.63, 3.8) is 0 Å². The van der Waals surface area contributed by atoms with E-state index in [0.29, 0.717) is 5.75 Å². The number of hydrogen-bond acceptors (Lipinski definition) is 2. The van der Waals surface area contributed by atoms with Crippen molar-refractivity contribution in [2.45, 2.75) is 13.0 Å². The topological polar surface area (TPSA) is 35.2 Å². The summed E-state index contributed by atoms with van der Waals surface area (Å²) in [5.74, 6) is 0.401. The first-order valence-electron chi connectivity index (χ1n) is 5.88. The molecule has 0 aliphatic carbocycles. The van der Waals surface area contributed by atoms with Crippen LogP contribution in [0.2, 0.25) is 0 Å². The molecule has 0 bridgehead atoms. The molecule has 0 radical (unpaired) electrons. The summed E-state index contributed by atoms with van der Waals surface area (Å²) in [6.45, 7) is 1.92. The summed E-state index contributed by atoms with van der Waals surface area (Å²) >= 11 is 3.39. The zero-order valence-corrected chi connectivity index (χ0v) is 12.4. The largest absolute Gasteiger partial charge is 0.496 e. The lowest BCUT2D eigenvalue weighted by Gasteiger charge is -2.18. The second kappa shape index (κ2) is 5.72. The fourth-order valence-corrected chi connectivity index (χ4v) is 2.40. The number of aryl methyl sites for hydroxylation is 1. The zero-order chi connectivity index (χ0) is 14.0. The van der Waals surface area contributed by atoms with Crippen LogP contribution in [0.3, 0.4) is 0 Å². The van der Waals surface area contributed by atoms with Gasteiger partial charge < -0.3 is 10.5 Å². The van der Waals surface area contributed by atoms with Crippen LogP contribution in [-0.2, 0) is 0 Å². The Morgan fingerprint density at radius 1 is 1.16 bits per heavy atom. The predicted molar refractivity (Wildman–Crippen MR) is 77.9 cm³/mol. The standard InChI is InChI=1S/C15H15BrFNO/c1-9-3-5-11(17)8-13(9)15(18)12-6-4-10(16)7-14(12)19-2/h3-8,15H,18H2,1-2H3. The molecule has 0 fully saturated rings. The van der Waals surface area contributed by atoms with Crippen molar-refractivity contribution in [3.8, 4) is 5.75 Å². The second-order valence-electron chi connectivity index (χ2n) is 4.36. The van der Waals surface area contributed by atoms with Crippen molar-refractivity contribution >= 4 is 15.9 Å². The average Bonchev–Trinajstić information content (AvgIpc) is 2.40. The summed E-state index contributed by atoms with van der Waals surface area (Å²) in [6.07, 6.45) is 0. The van der Waals surface area contributed by atoms with E-state index < -0.39 is 6.04 Å². The smallest absolute Gasteiger partial charge is 0.125 e. The SMILES string of the molecule is COc1cc(Br)ccc1C(N)c1cc(F)ccc1C. The van der Waals surface area contributed by atoms with E-state index in [-0.39, 0.29) is 5.82 Å². The van der Waals surface area contributed by atoms with Gasteiger partial charge in [-0.1, -0.05) is 28.1 Å². The van der Waals surface area contributed by atoms with E-state index in [4.69, 9.17) is 10.5 Å². The van der Waals surface area contributed by atoms with Crippen LogP contribution in [-0.4, -0.2) is 7.11 Å². The number of ether oxygens (including phenoxy) is 1. The molecule has 0 spiro atoms. The van der Waals surface area contributed by atoms with Crippen LogP contribution in [0.25, 0.3) is 0 Å². The third kappa shape index (κ3) is 2.96. The highest BCUT2D eigenvalue weighted by molar-refractivity contribution is 9.10. The van der Waals surface area contributed by atoms with Gasteiger partial charge in [0.05, 0.1) is 13.2 Å². The van der Waals surface area contributed by atoms with E-state index in [0.717, 1.165) is 21.2 Å². The molecule has 2 aromatic carbocycles. The first-order chi connectivity index (χ1) is 9.02. The lowest BCUT2D eigenvalue weighted by atomic mass is 9.95. The lowest BCUT2D eigenvalue weighted by Crippen LogP contribution is -2.14. The Labute approximate surface area is 120 Å². The summed E-state index contributed by atoms with van der Waals surface area (Å²) in [5, 5.41) is 0.